The van der Waals surface area contributed by atoms with Crippen LogP contribution >= 0.6 is 0 Å². The van der Waals surface area contributed by atoms with Crippen LogP contribution in [-0.4, -0.2) is 28.3 Å². The Bertz CT molecular complexity index is 595. The van der Waals surface area contributed by atoms with Crippen molar-refractivity contribution in [1.29, 1.82) is 0 Å². The summed E-state index contributed by atoms with van der Waals surface area (Å²) in [6.07, 6.45) is 0. The Morgan fingerprint density at radius 2 is 2.05 bits per heavy atom. The summed E-state index contributed by atoms with van der Waals surface area (Å²) in [6, 6.07) is 7.03. The summed E-state index contributed by atoms with van der Waals surface area (Å²) in [4.78, 5) is 11.3. The third kappa shape index (κ3) is 3.13. The number of benzene rings is 1. The first kappa shape index (κ1) is 13.6. The second kappa shape index (κ2) is 5.03. The highest BCUT2D eigenvalue weighted by molar-refractivity contribution is 6.03. The van der Waals surface area contributed by atoms with E-state index in [1.54, 1.807) is 38.1 Å². The largest absolute Gasteiger partial charge is 0.478 e. The maximum atomic E-state index is 11.3. The zero-order valence-corrected chi connectivity index (χ0v) is 10.9. The average molecular weight is 263 g/mol. The van der Waals surface area contributed by atoms with E-state index in [9.17, 15) is 15.0 Å². The van der Waals surface area contributed by atoms with Crippen LogP contribution in [0.15, 0.2) is 28.7 Å². The molecule has 0 saturated carbocycles. The first-order chi connectivity index (χ1) is 8.88. The number of carbonyl (C=O) groups is 1. The maximum absolute atomic E-state index is 11.3. The van der Waals surface area contributed by atoms with E-state index < -0.39 is 11.6 Å². The molecule has 0 amide bonds. The number of hydrogen-bond acceptors (Lipinski definition) is 4. The van der Waals surface area contributed by atoms with Gasteiger partial charge in [0, 0.05) is 11.9 Å². The Kier molecular flexibility index (Phi) is 3.59. The lowest BCUT2D eigenvalue weighted by Crippen LogP contribution is -2.34. The lowest BCUT2D eigenvalue weighted by atomic mass is 10.1. The minimum absolute atomic E-state index is 0.179. The molecule has 19 heavy (non-hydrogen) atoms. The van der Waals surface area contributed by atoms with Gasteiger partial charge in [0.1, 0.15) is 16.9 Å². The molecule has 1 aromatic heterocycles. The zero-order chi connectivity index (χ0) is 14.0. The van der Waals surface area contributed by atoms with E-state index >= 15 is 0 Å². The van der Waals surface area contributed by atoms with Gasteiger partial charge in [0.25, 0.3) is 0 Å². The molecule has 5 nitrogen and oxygen atoms in total. The summed E-state index contributed by atoms with van der Waals surface area (Å²) in [5, 5.41) is 22.5. The molecule has 0 saturated heterocycles. The number of furan rings is 1. The van der Waals surface area contributed by atoms with Crippen molar-refractivity contribution in [1.82, 2.24) is 5.32 Å². The highest BCUT2D eigenvalue weighted by Gasteiger charge is 2.20. The van der Waals surface area contributed by atoms with Gasteiger partial charge in [0.15, 0.2) is 0 Å². The van der Waals surface area contributed by atoms with Gasteiger partial charge in [0.05, 0.1) is 12.1 Å². The quantitative estimate of drug-likeness (QED) is 0.768. The van der Waals surface area contributed by atoms with Crippen molar-refractivity contribution in [3.05, 3.63) is 35.6 Å². The molecular weight excluding hydrogens is 246 g/mol. The molecule has 0 aliphatic rings. The monoisotopic (exact) mass is 263 g/mol. The first-order valence-electron chi connectivity index (χ1n) is 6.05. The number of para-hydroxylation sites is 1. The van der Waals surface area contributed by atoms with E-state index in [0.29, 0.717) is 23.3 Å². The molecule has 1 heterocycles. The van der Waals surface area contributed by atoms with Crippen LogP contribution in [0.5, 0.6) is 0 Å². The van der Waals surface area contributed by atoms with Gasteiger partial charge in [0.2, 0.25) is 0 Å². The van der Waals surface area contributed by atoms with Gasteiger partial charge in [-0.3, -0.25) is 0 Å². The number of rotatable bonds is 5. The molecule has 0 atom stereocenters. The normalized spacial score (nSPS) is 11.9. The minimum atomic E-state index is -1.01. The molecule has 0 aliphatic carbocycles. The number of aromatic carboxylic acids is 1. The van der Waals surface area contributed by atoms with E-state index in [4.69, 9.17) is 4.42 Å². The third-order valence-electron chi connectivity index (χ3n) is 2.73. The van der Waals surface area contributed by atoms with E-state index in [0.717, 1.165) is 0 Å². The van der Waals surface area contributed by atoms with Gasteiger partial charge in [-0.1, -0.05) is 18.2 Å². The SMILES string of the molecule is CC(C)(O)CNCc1oc2ccccc2c1C(=O)O. The van der Waals surface area contributed by atoms with Crippen molar-refractivity contribution in [3.63, 3.8) is 0 Å². The molecule has 102 valence electrons. The van der Waals surface area contributed by atoms with Crippen LogP contribution in [0, 0.1) is 0 Å². The smallest absolute Gasteiger partial charge is 0.339 e. The van der Waals surface area contributed by atoms with Crippen LogP contribution in [0.2, 0.25) is 0 Å². The van der Waals surface area contributed by atoms with E-state index in [1.165, 1.54) is 0 Å². The van der Waals surface area contributed by atoms with Gasteiger partial charge in [-0.05, 0) is 19.9 Å². The fraction of sp³-hybridized carbons (Fsp3) is 0.357. The molecule has 0 fully saturated rings. The van der Waals surface area contributed by atoms with Crippen molar-refractivity contribution >= 4 is 16.9 Å². The second-order valence-electron chi connectivity index (χ2n) is 5.12. The standard InChI is InChI=1S/C14H17NO4/c1-14(2,18)8-15-7-11-12(13(16)17)9-5-3-4-6-10(9)19-11/h3-6,15,18H,7-8H2,1-2H3,(H,16,17). The molecule has 2 rings (SSSR count). The van der Waals surface area contributed by atoms with Crippen LogP contribution in [-0.2, 0) is 6.54 Å². The van der Waals surface area contributed by atoms with Crippen molar-refractivity contribution in [2.45, 2.75) is 26.0 Å². The van der Waals surface area contributed by atoms with Crippen LogP contribution in [0.3, 0.4) is 0 Å². The van der Waals surface area contributed by atoms with Gasteiger partial charge < -0.3 is 19.9 Å². The molecule has 2 aromatic rings. The predicted octanol–water partition coefficient (Wildman–Crippen LogP) is 1.99. The highest BCUT2D eigenvalue weighted by atomic mass is 16.4. The number of fused-ring (bicyclic) bond motifs is 1. The summed E-state index contributed by atoms with van der Waals surface area (Å²) >= 11 is 0. The summed E-state index contributed by atoms with van der Waals surface area (Å²) in [5.41, 5.74) is -0.117. The van der Waals surface area contributed by atoms with E-state index in [1.807, 2.05) is 0 Å². The Balaban J connectivity index is 2.27. The molecule has 0 spiro atoms. The third-order valence-corrected chi connectivity index (χ3v) is 2.73. The minimum Gasteiger partial charge on any atom is -0.478 e. The second-order valence-corrected chi connectivity index (χ2v) is 5.12. The molecule has 1 aromatic carbocycles. The van der Waals surface area contributed by atoms with Crippen molar-refractivity contribution in [3.8, 4) is 0 Å². The zero-order valence-electron chi connectivity index (χ0n) is 10.9. The van der Waals surface area contributed by atoms with Crippen LogP contribution in [0.4, 0.5) is 0 Å². The lowest BCUT2D eigenvalue weighted by Gasteiger charge is -2.17. The number of hydrogen-bond donors (Lipinski definition) is 3. The molecular formula is C14H17NO4. The van der Waals surface area contributed by atoms with Crippen molar-refractivity contribution < 1.29 is 19.4 Å². The van der Waals surface area contributed by atoms with Crippen LogP contribution in [0.25, 0.3) is 11.0 Å². The summed E-state index contributed by atoms with van der Waals surface area (Å²) in [7, 11) is 0. The van der Waals surface area contributed by atoms with E-state index in [2.05, 4.69) is 5.32 Å². The number of carboxylic acid groups (broad SMARTS) is 1. The fourth-order valence-electron chi connectivity index (χ4n) is 1.94. The molecule has 0 bridgehead atoms. The maximum Gasteiger partial charge on any atom is 0.339 e. The van der Waals surface area contributed by atoms with Crippen LogP contribution in [0.1, 0.15) is 30.0 Å². The Morgan fingerprint density at radius 3 is 2.68 bits per heavy atom. The highest BCUT2D eigenvalue weighted by Crippen LogP contribution is 2.25. The Morgan fingerprint density at radius 1 is 1.37 bits per heavy atom. The Hall–Kier alpha value is -1.85. The van der Waals surface area contributed by atoms with Gasteiger partial charge in [-0.25, -0.2) is 4.79 Å². The lowest BCUT2D eigenvalue weighted by molar-refractivity contribution is 0.0695. The number of carboxylic acids is 1. The molecule has 3 N–H and O–H groups in total. The summed E-state index contributed by atoms with van der Waals surface area (Å²) in [6.45, 7) is 3.97. The van der Waals surface area contributed by atoms with Crippen LogP contribution < -0.4 is 5.32 Å². The number of aliphatic hydroxyl groups is 1. The van der Waals surface area contributed by atoms with Crippen molar-refractivity contribution in [2.75, 3.05) is 6.54 Å². The molecule has 5 heteroatoms. The van der Waals surface area contributed by atoms with Gasteiger partial charge >= 0.3 is 5.97 Å². The van der Waals surface area contributed by atoms with E-state index in [-0.39, 0.29) is 12.1 Å². The summed E-state index contributed by atoms with van der Waals surface area (Å²) in [5.74, 6) is -0.636. The number of nitrogens with one attached hydrogen (secondary N) is 1. The van der Waals surface area contributed by atoms with Gasteiger partial charge in [-0.2, -0.15) is 0 Å². The average Bonchev–Trinajstić information content (AvgIpc) is 2.65. The topological polar surface area (TPSA) is 82.7 Å². The summed E-state index contributed by atoms with van der Waals surface area (Å²) < 4.78 is 5.55. The predicted molar refractivity (Wildman–Crippen MR) is 71.2 cm³/mol. The molecule has 0 unspecified atom stereocenters. The fourth-order valence-corrected chi connectivity index (χ4v) is 1.94. The first-order valence-corrected chi connectivity index (χ1v) is 6.05. The molecule has 0 aliphatic heterocycles. The molecule has 0 radical (unpaired) electrons. The van der Waals surface area contributed by atoms with Crippen molar-refractivity contribution in [2.24, 2.45) is 0 Å². The van der Waals surface area contributed by atoms with Gasteiger partial charge in [-0.15, -0.1) is 0 Å². The Labute approximate surface area is 110 Å².